The number of carboxylic acid groups (broad SMARTS) is 1. The highest BCUT2D eigenvalue weighted by molar-refractivity contribution is 7.90. The molecule has 10 heteroatoms. The monoisotopic (exact) mass is 610 g/mol. The molecule has 232 valence electrons. The number of benzene rings is 3. The summed E-state index contributed by atoms with van der Waals surface area (Å²) in [6.45, 7) is 3.86. The maximum atomic E-state index is 13.4. The molecule has 9 nitrogen and oxygen atoms in total. The molecule has 2 N–H and O–H groups in total. The number of carbonyl (C=O) groups is 2. The number of rotatable bonds is 17. The quantitative estimate of drug-likeness (QED) is 0.213. The molecule has 1 amide bonds. The highest BCUT2D eigenvalue weighted by Gasteiger charge is 2.24. The van der Waals surface area contributed by atoms with Crippen LogP contribution in [0.25, 0.3) is 11.1 Å². The number of methoxy groups -OCH3 is 1. The molecule has 0 aliphatic heterocycles. The van der Waals surface area contributed by atoms with E-state index >= 15 is 0 Å². The van der Waals surface area contributed by atoms with Crippen molar-refractivity contribution >= 4 is 21.7 Å². The van der Waals surface area contributed by atoms with Crippen LogP contribution >= 0.6 is 0 Å². The topological polar surface area (TPSA) is 122 Å². The second-order valence-electron chi connectivity index (χ2n) is 10.9. The molecular weight excluding hydrogens is 568 g/mol. The molecule has 0 spiro atoms. The molecule has 0 aliphatic carbocycles. The van der Waals surface area contributed by atoms with Gasteiger partial charge in [0.05, 0.1) is 5.75 Å². The minimum atomic E-state index is -3.39. The van der Waals surface area contributed by atoms with Crippen LogP contribution in [0.3, 0.4) is 0 Å². The second-order valence-corrected chi connectivity index (χ2v) is 13.1. The van der Waals surface area contributed by atoms with Gasteiger partial charge in [0.1, 0.15) is 27.7 Å². The lowest BCUT2D eigenvalue weighted by Crippen LogP contribution is -2.42. The number of nitrogens with one attached hydrogen (secondary N) is 1. The van der Waals surface area contributed by atoms with Crippen molar-refractivity contribution < 1.29 is 32.6 Å². The summed E-state index contributed by atoms with van der Waals surface area (Å²) in [4.78, 5) is 27.4. The van der Waals surface area contributed by atoms with Crippen LogP contribution < -0.4 is 10.1 Å². The van der Waals surface area contributed by atoms with Crippen LogP contribution in [-0.4, -0.2) is 81.8 Å². The Kier molecular flexibility index (Phi) is 12.7. The third-order valence-electron chi connectivity index (χ3n) is 7.03. The Morgan fingerprint density at radius 1 is 0.977 bits per heavy atom. The molecule has 0 radical (unpaired) electrons. The number of hydrogen-bond donors (Lipinski definition) is 2. The van der Waals surface area contributed by atoms with Crippen molar-refractivity contribution in [2.75, 3.05) is 39.3 Å². The van der Waals surface area contributed by atoms with Crippen LogP contribution in [0, 0.1) is 6.92 Å². The number of likely N-dealkylation sites (N-methyl/N-ethyl adjacent to an activating group) is 1. The van der Waals surface area contributed by atoms with Crippen LogP contribution in [0.15, 0.2) is 72.8 Å². The Bertz CT molecular complexity index is 1460. The zero-order valence-corrected chi connectivity index (χ0v) is 26.1. The fraction of sp³-hybridized carbons (Fsp3) is 0.394. The number of nitrogens with zero attached hydrogens (tertiary/aromatic N) is 1. The minimum absolute atomic E-state index is 0.0525. The SMILES string of the molecule is COCCCC(CN(C)Cc1ccc(C(=O)NC(CCS(C)(=O)=O)C(=O)O)c(-c2ccccc2C)c1)Oc1ccccc1. The molecule has 0 fully saturated rings. The number of aryl methyl sites for hydroxylation is 1. The summed E-state index contributed by atoms with van der Waals surface area (Å²) < 4.78 is 34.8. The first-order chi connectivity index (χ1) is 20.5. The van der Waals surface area contributed by atoms with E-state index in [4.69, 9.17) is 9.47 Å². The van der Waals surface area contributed by atoms with E-state index in [9.17, 15) is 23.1 Å². The summed E-state index contributed by atoms with van der Waals surface area (Å²) in [5.74, 6) is -1.40. The fourth-order valence-corrected chi connectivity index (χ4v) is 5.53. The number of amides is 1. The van der Waals surface area contributed by atoms with Gasteiger partial charge in [0.2, 0.25) is 0 Å². The molecular formula is C33H42N2O7S. The molecule has 2 atom stereocenters. The highest BCUT2D eigenvalue weighted by Crippen LogP contribution is 2.29. The van der Waals surface area contributed by atoms with E-state index in [0.717, 1.165) is 41.5 Å². The van der Waals surface area contributed by atoms with E-state index in [1.807, 2.05) is 80.7 Å². The maximum Gasteiger partial charge on any atom is 0.326 e. The maximum absolute atomic E-state index is 13.4. The van der Waals surface area contributed by atoms with Crippen molar-refractivity contribution in [1.29, 1.82) is 0 Å². The van der Waals surface area contributed by atoms with Crippen molar-refractivity contribution in [1.82, 2.24) is 10.2 Å². The van der Waals surface area contributed by atoms with Crippen molar-refractivity contribution in [3.8, 4) is 16.9 Å². The molecule has 3 aromatic carbocycles. The first-order valence-electron chi connectivity index (χ1n) is 14.3. The first-order valence-corrected chi connectivity index (χ1v) is 16.3. The van der Waals surface area contributed by atoms with E-state index in [1.54, 1.807) is 13.2 Å². The number of carbonyl (C=O) groups excluding carboxylic acids is 1. The molecule has 3 aromatic rings. The molecule has 0 saturated heterocycles. The van der Waals surface area contributed by atoms with Crippen LogP contribution in [0.1, 0.15) is 40.7 Å². The molecule has 2 unspecified atom stereocenters. The lowest BCUT2D eigenvalue weighted by atomic mass is 9.93. The summed E-state index contributed by atoms with van der Waals surface area (Å²) in [7, 11) is 0.311. The van der Waals surface area contributed by atoms with Gasteiger partial charge in [-0.25, -0.2) is 13.2 Å². The van der Waals surface area contributed by atoms with E-state index in [2.05, 4.69) is 10.2 Å². The standard InChI is InChI=1S/C33H42N2O7S/c1-24-11-8-9-15-28(24)30-21-25(16-17-29(30)32(36)34-31(33(37)38)18-20-43(4,39)40)22-35(2)23-27(14-10-19-41-3)42-26-12-6-5-7-13-26/h5-9,11-13,15-17,21,27,31H,10,14,18-20,22-23H2,1-4H3,(H,34,36)(H,37,38). The van der Waals surface area contributed by atoms with Crippen LogP contribution in [0.5, 0.6) is 5.75 Å². The minimum Gasteiger partial charge on any atom is -0.489 e. The van der Waals surface area contributed by atoms with Gasteiger partial charge in [-0.3, -0.25) is 9.69 Å². The number of ether oxygens (including phenoxy) is 2. The van der Waals surface area contributed by atoms with E-state index in [0.29, 0.717) is 30.8 Å². The van der Waals surface area contributed by atoms with Crippen molar-refractivity contribution in [2.45, 2.75) is 44.9 Å². The zero-order chi connectivity index (χ0) is 31.4. The normalized spacial score (nSPS) is 13.0. The Morgan fingerprint density at radius 3 is 2.33 bits per heavy atom. The Labute approximate surface area is 254 Å². The van der Waals surface area contributed by atoms with Gasteiger partial charge in [-0.15, -0.1) is 0 Å². The molecule has 0 aliphatic rings. The van der Waals surface area contributed by atoms with Crippen molar-refractivity contribution in [3.05, 3.63) is 89.5 Å². The number of hydrogen-bond acceptors (Lipinski definition) is 7. The highest BCUT2D eigenvalue weighted by atomic mass is 32.2. The summed E-state index contributed by atoms with van der Waals surface area (Å²) in [6.07, 6.45) is 2.45. The number of aliphatic carboxylic acids is 1. The first kappa shape index (κ1) is 33.8. The average Bonchev–Trinajstić information content (AvgIpc) is 2.95. The predicted molar refractivity (Wildman–Crippen MR) is 168 cm³/mol. The second kappa shape index (κ2) is 16.2. The fourth-order valence-electron chi connectivity index (χ4n) is 4.87. The average molecular weight is 611 g/mol. The van der Waals surface area contributed by atoms with Gasteiger partial charge in [-0.05, 0) is 79.8 Å². The molecule has 0 aromatic heterocycles. The van der Waals surface area contributed by atoms with Gasteiger partial charge in [-0.2, -0.15) is 0 Å². The summed E-state index contributed by atoms with van der Waals surface area (Å²) in [5, 5.41) is 12.2. The third kappa shape index (κ3) is 11.1. The molecule has 43 heavy (non-hydrogen) atoms. The summed E-state index contributed by atoms with van der Waals surface area (Å²) in [5.41, 5.74) is 3.77. The number of sulfone groups is 1. The Balaban J connectivity index is 1.84. The number of para-hydroxylation sites is 1. The molecule has 0 bridgehead atoms. The predicted octanol–water partition coefficient (Wildman–Crippen LogP) is 4.59. The van der Waals surface area contributed by atoms with Crippen LogP contribution in [0.2, 0.25) is 0 Å². The lowest BCUT2D eigenvalue weighted by Gasteiger charge is -2.26. The van der Waals surface area contributed by atoms with Crippen molar-refractivity contribution in [2.24, 2.45) is 0 Å². The molecule has 0 heterocycles. The smallest absolute Gasteiger partial charge is 0.326 e. The van der Waals surface area contributed by atoms with Gasteiger partial charge >= 0.3 is 5.97 Å². The summed E-state index contributed by atoms with van der Waals surface area (Å²) in [6, 6.07) is 21.6. The lowest BCUT2D eigenvalue weighted by molar-refractivity contribution is -0.139. The van der Waals surface area contributed by atoms with E-state index < -0.39 is 27.8 Å². The Morgan fingerprint density at radius 2 is 1.67 bits per heavy atom. The van der Waals surface area contributed by atoms with Crippen LogP contribution in [0.4, 0.5) is 0 Å². The molecule has 3 rings (SSSR count). The van der Waals surface area contributed by atoms with Crippen molar-refractivity contribution in [3.63, 3.8) is 0 Å². The summed E-state index contributed by atoms with van der Waals surface area (Å²) >= 11 is 0. The van der Waals surface area contributed by atoms with Gasteiger partial charge < -0.3 is 19.9 Å². The zero-order valence-electron chi connectivity index (χ0n) is 25.3. The Hall–Kier alpha value is -3.73. The van der Waals surface area contributed by atoms with Gasteiger partial charge in [0.25, 0.3) is 5.91 Å². The molecule has 0 saturated carbocycles. The van der Waals surface area contributed by atoms with E-state index in [1.165, 1.54) is 0 Å². The number of carboxylic acids is 1. The largest absolute Gasteiger partial charge is 0.489 e. The van der Waals surface area contributed by atoms with Gasteiger partial charge in [-0.1, -0.05) is 48.5 Å². The van der Waals surface area contributed by atoms with Crippen LogP contribution in [-0.2, 0) is 25.9 Å². The van der Waals surface area contributed by atoms with Gasteiger partial charge in [0, 0.05) is 38.6 Å². The third-order valence-corrected chi connectivity index (χ3v) is 8.01. The van der Waals surface area contributed by atoms with Gasteiger partial charge in [0.15, 0.2) is 0 Å². The van der Waals surface area contributed by atoms with E-state index in [-0.39, 0.29) is 18.3 Å².